The van der Waals surface area contributed by atoms with Gasteiger partial charge >= 0.3 is 0 Å². The molecule has 1 N–H and O–H groups in total. The van der Waals surface area contributed by atoms with E-state index in [0.717, 1.165) is 29.1 Å². The predicted octanol–water partition coefficient (Wildman–Crippen LogP) is 4.39. The van der Waals surface area contributed by atoms with Crippen molar-refractivity contribution in [3.8, 4) is 10.4 Å². The van der Waals surface area contributed by atoms with Gasteiger partial charge in [-0.2, -0.15) is 0 Å². The molecule has 4 rings (SSSR count). The molecule has 0 bridgehead atoms. The number of nitrogens with one attached hydrogen (secondary N) is 1. The van der Waals surface area contributed by atoms with Crippen LogP contribution in [0.2, 0.25) is 0 Å². The Bertz CT molecular complexity index is 1230. The molecular formula is C24H26N4O2S2. The smallest absolute Gasteiger partial charge is 0.263 e. The highest BCUT2D eigenvalue weighted by Crippen LogP contribution is 2.33. The van der Waals surface area contributed by atoms with Crippen LogP contribution in [0.25, 0.3) is 20.7 Å². The topological polar surface area (TPSA) is 67.2 Å². The third kappa shape index (κ3) is 4.67. The number of aromatic nitrogens is 2. The van der Waals surface area contributed by atoms with Crippen molar-refractivity contribution in [1.29, 1.82) is 0 Å². The van der Waals surface area contributed by atoms with Crippen molar-refractivity contribution in [3.63, 3.8) is 0 Å². The van der Waals surface area contributed by atoms with E-state index in [0.29, 0.717) is 16.8 Å². The number of benzene rings is 1. The van der Waals surface area contributed by atoms with Crippen LogP contribution in [-0.4, -0.2) is 40.0 Å². The average Bonchev–Trinajstić information content (AvgIpc) is 3.49. The number of likely N-dealkylation sites (N-methyl/N-ethyl adjacent to an activating group) is 1. The van der Waals surface area contributed by atoms with Crippen LogP contribution in [0.5, 0.6) is 0 Å². The summed E-state index contributed by atoms with van der Waals surface area (Å²) in [5.74, 6) is -0.200. The minimum Gasteiger partial charge on any atom is -0.353 e. The lowest BCUT2D eigenvalue weighted by molar-refractivity contribution is -0.122. The van der Waals surface area contributed by atoms with Crippen molar-refractivity contribution >= 4 is 38.8 Å². The second-order valence-electron chi connectivity index (χ2n) is 7.44. The summed E-state index contributed by atoms with van der Waals surface area (Å²) in [7, 11) is 0. The Morgan fingerprint density at radius 3 is 2.59 bits per heavy atom. The van der Waals surface area contributed by atoms with Gasteiger partial charge in [0.1, 0.15) is 11.4 Å². The highest BCUT2D eigenvalue weighted by Gasteiger charge is 2.19. The van der Waals surface area contributed by atoms with Crippen LogP contribution in [0, 0.1) is 0 Å². The third-order valence-electron chi connectivity index (χ3n) is 5.59. The molecule has 166 valence electrons. The number of thiophene rings is 2. The summed E-state index contributed by atoms with van der Waals surface area (Å²) < 4.78 is 1.40. The van der Waals surface area contributed by atoms with Gasteiger partial charge in [0.25, 0.3) is 5.56 Å². The van der Waals surface area contributed by atoms with Crippen molar-refractivity contribution in [1.82, 2.24) is 19.8 Å². The van der Waals surface area contributed by atoms with E-state index in [4.69, 9.17) is 0 Å². The van der Waals surface area contributed by atoms with E-state index >= 15 is 0 Å². The maximum Gasteiger partial charge on any atom is 0.263 e. The number of rotatable bonds is 9. The fraction of sp³-hybridized carbons (Fsp3) is 0.292. The Morgan fingerprint density at radius 1 is 1.12 bits per heavy atom. The first-order chi connectivity index (χ1) is 15.6. The second kappa shape index (κ2) is 10.2. The van der Waals surface area contributed by atoms with E-state index in [1.165, 1.54) is 22.2 Å². The molecule has 0 saturated carbocycles. The number of hydrogen-bond donors (Lipinski definition) is 1. The molecule has 1 aromatic carbocycles. The molecule has 0 spiro atoms. The van der Waals surface area contributed by atoms with E-state index in [9.17, 15) is 9.59 Å². The van der Waals surface area contributed by atoms with Gasteiger partial charge in [-0.25, -0.2) is 4.98 Å². The normalized spacial score (nSPS) is 12.3. The number of hydrogen-bond acceptors (Lipinski definition) is 6. The Labute approximate surface area is 195 Å². The Balaban J connectivity index is 1.52. The van der Waals surface area contributed by atoms with Gasteiger partial charge in [-0.15, -0.1) is 22.7 Å². The monoisotopic (exact) mass is 466 g/mol. The van der Waals surface area contributed by atoms with Gasteiger partial charge in [-0.1, -0.05) is 50.2 Å². The van der Waals surface area contributed by atoms with Crippen LogP contribution < -0.4 is 10.9 Å². The lowest BCUT2D eigenvalue weighted by Crippen LogP contribution is -2.40. The van der Waals surface area contributed by atoms with Gasteiger partial charge in [0.15, 0.2) is 0 Å². The molecule has 0 aliphatic carbocycles. The summed E-state index contributed by atoms with van der Waals surface area (Å²) in [6.45, 7) is 6.43. The quantitative estimate of drug-likeness (QED) is 0.397. The number of nitrogens with zero attached hydrogens (tertiary/aromatic N) is 3. The molecule has 3 aromatic heterocycles. The van der Waals surface area contributed by atoms with E-state index in [1.54, 1.807) is 11.3 Å². The Morgan fingerprint density at radius 2 is 1.91 bits per heavy atom. The summed E-state index contributed by atoms with van der Waals surface area (Å²) in [4.78, 5) is 34.4. The minimum atomic E-state index is -0.200. The summed E-state index contributed by atoms with van der Waals surface area (Å²) >= 11 is 3.04. The molecule has 1 amide bonds. The minimum absolute atomic E-state index is 0.0543. The summed E-state index contributed by atoms with van der Waals surface area (Å²) in [5, 5.41) is 7.56. The highest BCUT2D eigenvalue weighted by atomic mass is 32.1. The zero-order chi connectivity index (χ0) is 22.5. The molecule has 0 aliphatic rings. The molecule has 6 nitrogen and oxygen atoms in total. The molecule has 0 aliphatic heterocycles. The highest BCUT2D eigenvalue weighted by molar-refractivity contribution is 7.18. The van der Waals surface area contributed by atoms with Crippen molar-refractivity contribution in [2.75, 3.05) is 19.6 Å². The fourth-order valence-corrected chi connectivity index (χ4v) is 5.63. The number of carbonyl (C=O) groups excluding carboxylic acids is 1. The first kappa shape index (κ1) is 22.4. The van der Waals surface area contributed by atoms with Crippen LogP contribution in [0.4, 0.5) is 0 Å². The first-order valence-electron chi connectivity index (χ1n) is 10.7. The van der Waals surface area contributed by atoms with E-state index in [1.807, 2.05) is 41.1 Å². The third-order valence-corrected chi connectivity index (χ3v) is 7.38. The second-order valence-corrected chi connectivity index (χ2v) is 9.24. The molecule has 0 unspecified atom stereocenters. The SMILES string of the molecule is CCN(CC)[C@@H](CNC(=O)Cn1cnc2scc(-c3cccs3)c2c1=O)c1ccccc1. The van der Waals surface area contributed by atoms with Crippen LogP contribution >= 0.6 is 22.7 Å². The maximum absolute atomic E-state index is 13.1. The molecule has 0 radical (unpaired) electrons. The maximum atomic E-state index is 13.1. The van der Waals surface area contributed by atoms with Crippen LogP contribution in [-0.2, 0) is 11.3 Å². The van der Waals surface area contributed by atoms with Gasteiger partial charge in [0.05, 0.1) is 17.8 Å². The van der Waals surface area contributed by atoms with E-state index in [2.05, 4.69) is 41.2 Å². The number of fused-ring (bicyclic) bond motifs is 1. The molecule has 1 atom stereocenters. The van der Waals surface area contributed by atoms with Gasteiger partial charge in [0, 0.05) is 22.4 Å². The molecule has 8 heteroatoms. The van der Waals surface area contributed by atoms with Gasteiger partial charge in [0.2, 0.25) is 5.91 Å². The van der Waals surface area contributed by atoms with Gasteiger partial charge < -0.3 is 5.32 Å². The standard InChI is InChI=1S/C24H26N4O2S2/c1-3-27(4-2)19(17-9-6-5-7-10-17)13-25-21(29)14-28-16-26-23-22(24(28)30)18(15-32-23)20-11-8-12-31-20/h5-12,15-16,19H,3-4,13-14H2,1-2H3,(H,25,29)/t19-/m0/s1. The zero-order valence-corrected chi connectivity index (χ0v) is 19.8. The van der Waals surface area contributed by atoms with Crippen LogP contribution in [0.15, 0.2) is 64.3 Å². The van der Waals surface area contributed by atoms with Crippen LogP contribution in [0.1, 0.15) is 25.5 Å². The van der Waals surface area contributed by atoms with Crippen molar-refractivity contribution in [2.24, 2.45) is 0 Å². The number of carbonyl (C=O) groups is 1. The zero-order valence-electron chi connectivity index (χ0n) is 18.2. The summed E-state index contributed by atoms with van der Waals surface area (Å²) in [6.07, 6.45) is 1.47. The van der Waals surface area contributed by atoms with Gasteiger partial charge in [-0.3, -0.25) is 19.1 Å². The molecule has 4 aromatic rings. The van der Waals surface area contributed by atoms with Crippen LogP contribution in [0.3, 0.4) is 0 Å². The first-order valence-corrected chi connectivity index (χ1v) is 12.4. The largest absolute Gasteiger partial charge is 0.353 e. The molecular weight excluding hydrogens is 440 g/mol. The van der Waals surface area contributed by atoms with Crippen molar-refractivity contribution in [2.45, 2.75) is 26.4 Å². The number of amides is 1. The van der Waals surface area contributed by atoms with Crippen molar-refractivity contribution in [3.05, 3.63) is 75.5 Å². The molecule has 32 heavy (non-hydrogen) atoms. The average molecular weight is 467 g/mol. The lowest BCUT2D eigenvalue weighted by Gasteiger charge is -2.30. The summed E-state index contributed by atoms with van der Waals surface area (Å²) in [5.41, 5.74) is 1.87. The van der Waals surface area contributed by atoms with E-state index in [-0.39, 0.29) is 24.1 Å². The summed E-state index contributed by atoms with van der Waals surface area (Å²) in [6, 6.07) is 14.2. The Kier molecular flexibility index (Phi) is 7.14. The Hall–Kier alpha value is -2.81. The van der Waals surface area contributed by atoms with Gasteiger partial charge in [-0.05, 0) is 30.1 Å². The van der Waals surface area contributed by atoms with E-state index < -0.39 is 0 Å². The molecule has 0 fully saturated rings. The predicted molar refractivity (Wildman–Crippen MR) is 132 cm³/mol. The molecule has 0 saturated heterocycles. The molecule has 3 heterocycles. The fourth-order valence-electron chi connectivity index (χ4n) is 3.91. The van der Waals surface area contributed by atoms with Crippen molar-refractivity contribution < 1.29 is 4.79 Å². The lowest BCUT2D eigenvalue weighted by atomic mass is 10.1.